The number of halogens is 2. The third-order valence-electron chi connectivity index (χ3n) is 7.26. The molecule has 0 aliphatic heterocycles. The van der Waals surface area contributed by atoms with Crippen molar-refractivity contribution in [1.82, 2.24) is 0 Å². The molecule has 2 heteroatoms. The van der Waals surface area contributed by atoms with E-state index >= 15 is 0 Å². The van der Waals surface area contributed by atoms with Gasteiger partial charge in [0.1, 0.15) is 5.82 Å². The zero-order valence-electron chi connectivity index (χ0n) is 19.1. The summed E-state index contributed by atoms with van der Waals surface area (Å²) in [4.78, 5) is 0. The zero-order chi connectivity index (χ0) is 22.3. The monoisotopic (exact) mass is 448 g/mol. The van der Waals surface area contributed by atoms with Gasteiger partial charge in [-0.25, -0.2) is 4.39 Å². The van der Waals surface area contributed by atoms with E-state index in [1.54, 1.807) is 12.1 Å². The van der Waals surface area contributed by atoms with E-state index in [1.165, 1.54) is 60.8 Å². The lowest BCUT2D eigenvalue weighted by Gasteiger charge is -2.29. The van der Waals surface area contributed by atoms with Gasteiger partial charge in [-0.05, 0) is 110 Å². The van der Waals surface area contributed by atoms with Gasteiger partial charge < -0.3 is 0 Å². The summed E-state index contributed by atoms with van der Waals surface area (Å²) < 4.78 is 13.6. The first-order chi connectivity index (χ1) is 15.6. The molecule has 0 amide bonds. The van der Waals surface area contributed by atoms with Gasteiger partial charge in [0.2, 0.25) is 0 Å². The molecule has 168 valence electrons. The minimum absolute atomic E-state index is 0.192. The Morgan fingerprint density at radius 3 is 1.91 bits per heavy atom. The molecule has 3 aromatic carbocycles. The molecular weight excluding hydrogens is 415 g/mol. The highest BCUT2D eigenvalue weighted by Gasteiger charge is 2.22. The first-order valence-electron chi connectivity index (χ1n) is 12.2. The second-order valence-electron chi connectivity index (χ2n) is 9.42. The first-order valence-corrected chi connectivity index (χ1v) is 12.6. The standard InChI is InChI=1S/C30H34ClF/c1-2-22-11-16-27(17-12-22)28-18-13-25(14-19-28)8-7-23-3-5-24(6-4-23)9-10-26-15-20-29(31)30(32)21-26/h3-6,11-12,15-17,20-21,25,28H,2,7-10,13-14,18-19H2,1H3/t25-,28-. The van der Waals surface area contributed by atoms with E-state index in [-0.39, 0.29) is 10.8 Å². The van der Waals surface area contributed by atoms with E-state index in [4.69, 9.17) is 11.6 Å². The van der Waals surface area contributed by atoms with Gasteiger partial charge in [0.05, 0.1) is 5.02 Å². The molecule has 3 aromatic rings. The average molecular weight is 449 g/mol. The lowest BCUT2D eigenvalue weighted by molar-refractivity contribution is 0.310. The minimum Gasteiger partial charge on any atom is -0.205 e. The molecule has 0 N–H and O–H groups in total. The van der Waals surface area contributed by atoms with Crippen LogP contribution in [0.1, 0.15) is 72.8 Å². The molecular formula is C30H34ClF. The van der Waals surface area contributed by atoms with Gasteiger partial charge in [0.15, 0.2) is 0 Å². The normalized spacial score (nSPS) is 18.6. The molecule has 1 aliphatic carbocycles. The fraction of sp³-hybridized carbons (Fsp3) is 0.400. The molecule has 0 saturated heterocycles. The topological polar surface area (TPSA) is 0 Å². The second-order valence-corrected chi connectivity index (χ2v) is 9.82. The summed E-state index contributed by atoms with van der Waals surface area (Å²) in [5.74, 6) is 1.29. The molecule has 0 bridgehead atoms. The molecule has 0 heterocycles. The van der Waals surface area contributed by atoms with Crippen LogP contribution in [0.5, 0.6) is 0 Å². The molecule has 0 aromatic heterocycles. The zero-order valence-corrected chi connectivity index (χ0v) is 19.9. The van der Waals surface area contributed by atoms with Crippen molar-refractivity contribution in [2.24, 2.45) is 5.92 Å². The van der Waals surface area contributed by atoms with Crippen LogP contribution < -0.4 is 0 Å². The number of benzene rings is 3. The van der Waals surface area contributed by atoms with Gasteiger partial charge in [0, 0.05) is 0 Å². The van der Waals surface area contributed by atoms with Crippen molar-refractivity contribution in [3.63, 3.8) is 0 Å². The predicted molar refractivity (Wildman–Crippen MR) is 134 cm³/mol. The lowest BCUT2D eigenvalue weighted by Crippen LogP contribution is -2.14. The quantitative estimate of drug-likeness (QED) is 0.323. The van der Waals surface area contributed by atoms with Gasteiger partial charge in [-0.1, -0.05) is 73.1 Å². The molecule has 1 aliphatic rings. The van der Waals surface area contributed by atoms with Crippen LogP contribution >= 0.6 is 11.6 Å². The van der Waals surface area contributed by atoms with E-state index in [1.807, 2.05) is 6.07 Å². The molecule has 1 saturated carbocycles. The molecule has 1 fully saturated rings. The van der Waals surface area contributed by atoms with Crippen LogP contribution in [0.15, 0.2) is 66.7 Å². The first kappa shape index (κ1) is 23.1. The Kier molecular flexibility index (Phi) is 8.03. The van der Waals surface area contributed by atoms with Crippen LogP contribution in [0.3, 0.4) is 0 Å². The van der Waals surface area contributed by atoms with E-state index < -0.39 is 0 Å². The van der Waals surface area contributed by atoms with Gasteiger partial charge in [-0.3, -0.25) is 0 Å². The molecule has 32 heavy (non-hydrogen) atoms. The Balaban J connectivity index is 1.20. The summed E-state index contributed by atoms with van der Waals surface area (Å²) in [6.45, 7) is 2.22. The third-order valence-corrected chi connectivity index (χ3v) is 7.56. The summed E-state index contributed by atoms with van der Waals surface area (Å²) >= 11 is 5.77. The summed E-state index contributed by atoms with van der Waals surface area (Å²) in [6.07, 6.45) is 10.7. The van der Waals surface area contributed by atoms with Crippen LogP contribution in [-0.4, -0.2) is 0 Å². The highest BCUT2D eigenvalue weighted by Crippen LogP contribution is 2.37. The number of rotatable bonds is 8. The van der Waals surface area contributed by atoms with Crippen LogP contribution in [0.2, 0.25) is 5.02 Å². The SMILES string of the molecule is CCc1ccc([C@H]2CC[C@H](CCc3ccc(CCc4ccc(Cl)c(F)c4)cc3)CC2)cc1. The van der Waals surface area contributed by atoms with Crippen LogP contribution in [0.4, 0.5) is 4.39 Å². The maximum absolute atomic E-state index is 13.6. The average Bonchev–Trinajstić information content (AvgIpc) is 2.84. The van der Waals surface area contributed by atoms with E-state index in [9.17, 15) is 4.39 Å². The van der Waals surface area contributed by atoms with Crippen molar-refractivity contribution < 1.29 is 4.39 Å². The van der Waals surface area contributed by atoms with Crippen molar-refractivity contribution in [1.29, 1.82) is 0 Å². The van der Waals surface area contributed by atoms with Gasteiger partial charge in [-0.2, -0.15) is 0 Å². The second kappa shape index (κ2) is 11.1. The van der Waals surface area contributed by atoms with Crippen molar-refractivity contribution in [2.45, 2.75) is 70.6 Å². The molecule has 0 radical (unpaired) electrons. The molecule has 4 rings (SSSR count). The number of hydrogen-bond donors (Lipinski definition) is 0. The highest BCUT2D eigenvalue weighted by molar-refractivity contribution is 6.30. The molecule has 0 nitrogen and oxygen atoms in total. The lowest BCUT2D eigenvalue weighted by atomic mass is 9.77. The Morgan fingerprint density at radius 1 is 0.719 bits per heavy atom. The summed E-state index contributed by atoms with van der Waals surface area (Å²) in [5.41, 5.74) is 6.71. The fourth-order valence-corrected chi connectivity index (χ4v) is 5.15. The Hall–Kier alpha value is -2.12. The summed E-state index contributed by atoms with van der Waals surface area (Å²) in [6, 6.07) is 23.4. The summed E-state index contributed by atoms with van der Waals surface area (Å²) in [7, 11) is 0. The van der Waals surface area contributed by atoms with E-state index in [2.05, 4.69) is 55.5 Å². The Morgan fingerprint density at radius 2 is 1.28 bits per heavy atom. The van der Waals surface area contributed by atoms with Gasteiger partial charge in [0.25, 0.3) is 0 Å². The highest BCUT2D eigenvalue weighted by atomic mass is 35.5. The van der Waals surface area contributed by atoms with E-state index in [0.29, 0.717) is 0 Å². The number of aryl methyl sites for hydroxylation is 4. The van der Waals surface area contributed by atoms with E-state index in [0.717, 1.165) is 36.7 Å². The van der Waals surface area contributed by atoms with Gasteiger partial charge in [-0.15, -0.1) is 0 Å². The van der Waals surface area contributed by atoms with Crippen molar-refractivity contribution in [3.05, 3.63) is 105 Å². The van der Waals surface area contributed by atoms with Gasteiger partial charge >= 0.3 is 0 Å². The largest absolute Gasteiger partial charge is 0.205 e. The molecule has 0 unspecified atom stereocenters. The predicted octanol–water partition coefficient (Wildman–Crippen LogP) is 8.73. The summed E-state index contributed by atoms with van der Waals surface area (Å²) in [5, 5.41) is 0.192. The van der Waals surface area contributed by atoms with Crippen molar-refractivity contribution in [2.75, 3.05) is 0 Å². The Bertz CT molecular complexity index is 982. The Labute approximate surface area is 197 Å². The third kappa shape index (κ3) is 6.23. The van der Waals surface area contributed by atoms with Crippen LogP contribution in [-0.2, 0) is 25.7 Å². The maximum Gasteiger partial charge on any atom is 0.142 e. The van der Waals surface area contributed by atoms with Crippen molar-refractivity contribution >= 4 is 11.6 Å². The fourth-order valence-electron chi connectivity index (χ4n) is 5.04. The maximum atomic E-state index is 13.6. The molecule has 0 spiro atoms. The smallest absolute Gasteiger partial charge is 0.142 e. The van der Waals surface area contributed by atoms with Crippen LogP contribution in [0.25, 0.3) is 0 Å². The molecule has 0 atom stereocenters. The van der Waals surface area contributed by atoms with Crippen molar-refractivity contribution in [3.8, 4) is 0 Å². The minimum atomic E-state index is -0.331. The number of hydrogen-bond acceptors (Lipinski definition) is 0. The van der Waals surface area contributed by atoms with Crippen LogP contribution in [0, 0.1) is 11.7 Å².